The van der Waals surface area contributed by atoms with Crippen molar-refractivity contribution in [2.75, 3.05) is 13.1 Å². The molecule has 1 amide bonds. The Morgan fingerprint density at radius 2 is 2.25 bits per heavy atom. The van der Waals surface area contributed by atoms with E-state index in [0.29, 0.717) is 24.9 Å². The number of rotatable bonds is 6. The van der Waals surface area contributed by atoms with Gasteiger partial charge in [0.1, 0.15) is 6.33 Å². The van der Waals surface area contributed by atoms with Crippen LogP contribution in [-0.4, -0.2) is 33.8 Å². The average Bonchev–Trinajstić information content (AvgIpc) is 2.92. The van der Waals surface area contributed by atoms with E-state index >= 15 is 0 Å². The lowest BCUT2D eigenvalue weighted by Gasteiger charge is -2.22. The molecule has 2 rings (SSSR count). The predicted molar refractivity (Wildman–Crippen MR) is 77.1 cm³/mol. The molecule has 0 spiro atoms. The first-order chi connectivity index (χ1) is 9.66. The normalized spacial score (nSPS) is 16.6. The molecule has 1 aromatic heterocycles. The molecular weight excluding hydrogens is 254 g/mol. The molecule has 0 aliphatic carbocycles. The van der Waals surface area contributed by atoms with Crippen molar-refractivity contribution in [1.82, 2.24) is 25.4 Å². The molecule has 2 N–H and O–H groups in total. The average molecular weight is 279 g/mol. The Morgan fingerprint density at radius 3 is 2.95 bits per heavy atom. The summed E-state index contributed by atoms with van der Waals surface area (Å²) in [5, 5.41) is 14.2. The molecule has 2 heterocycles. The van der Waals surface area contributed by atoms with E-state index in [9.17, 15) is 4.79 Å². The number of carbonyl (C=O) groups excluding carboxylic acids is 1. The van der Waals surface area contributed by atoms with Crippen LogP contribution in [0.5, 0.6) is 0 Å². The molecular formula is C14H25N5O. The maximum atomic E-state index is 11.9. The topological polar surface area (TPSA) is 71.8 Å². The van der Waals surface area contributed by atoms with Crippen molar-refractivity contribution in [3.8, 4) is 0 Å². The smallest absolute Gasteiger partial charge is 0.220 e. The van der Waals surface area contributed by atoms with Gasteiger partial charge >= 0.3 is 0 Å². The Morgan fingerprint density at radius 1 is 1.50 bits per heavy atom. The highest BCUT2D eigenvalue weighted by atomic mass is 16.1. The van der Waals surface area contributed by atoms with Crippen molar-refractivity contribution in [3.63, 3.8) is 0 Å². The summed E-state index contributed by atoms with van der Waals surface area (Å²) in [6, 6.07) is 0.312. The van der Waals surface area contributed by atoms with Crippen LogP contribution < -0.4 is 10.6 Å². The van der Waals surface area contributed by atoms with E-state index in [-0.39, 0.29) is 5.91 Å². The number of nitrogens with zero attached hydrogens (tertiary/aromatic N) is 3. The fourth-order valence-electron chi connectivity index (χ4n) is 2.60. The summed E-state index contributed by atoms with van der Waals surface area (Å²) in [5.41, 5.74) is 0. The third kappa shape index (κ3) is 4.30. The van der Waals surface area contributed by atoms with Crippen molar-refractivity contribution in [2.24, 2.45) is 5.92 Å². The lowest BCUT2D eigenvalue weighted by molar-refractivity contribution is -0.121. The molecule has 0 unspecified atom stereocenters. The highest BCUT2D eigenvalue weighted by molar-refractivity contribution is 5.75. The van der Waals surface area contributed by atoms with E-state index in [1.807, 2.05) is 4.57 Å². The van der Waals surface area contributed by atoms with Crippen LogP contribution in [0.1, 0.15) is 51.4 Å². The van der Waals surface area contributed by atoms with Gasteiger partial charge in [0.15, 0.2) is 5.82 Å². The van der Waals surface area contributed by atoms with Gasteiger partial charge in [-0.05, 0) is 52.1 Å². The van der Waals surface area contributed by atoms with Gasteiger partial charge in [0.25, 0.3) is 0 Å². The summed E-state index contributed by atoms with van der Waals surface area (Å²) in [4.78, 5) is 11.9. The molecule has 1 fully saturated rings. The second-order valence-electron chi connectivity index (χ2n) is 5.76. The van der Waals surface area contributed by atoms with E-state index in [0.717, 1.165) is 25.3 Å². The molecule has 1 aliphatic rings. The van der Waals surface area contributed by atoms with Gasteiger partial charge in [0.05, 0.1) is 6.54 Å². The van der Waals surface area contributed by atoms with Crippen molar-refractivity contribution < 1.29 is 4.79 Å². The van der Waals surface area contributed by atoms with Crippen molar-refractivity contribution in [1.29, 1.82) is 0 Å². The molecule has 112 valence electrons. The van der Waals surface area contributed by atoms with Crippen molar-refractivity contribution in [2.45, 2.75) is 52.1 Å². The number of nitrogens with one attached hydrogen (secondary N) is 2. The van der Waals surface area contributed by atoms with Crippen LogP contribution in [0, 0.1) is 5.92 Å². The zero-order valence-electron chi connectivity index (χ0n) is 12.4. The molecule has 0 atom stereocenters. The van der Waals surface area contributed by atoms with E-state index < -0.39 is 0 Å². The highest BCUT2D eigenvalue weighted by Crippen LogP contribution is 2.17. The van der Waals surface area contributed by atoms with Crippen molar-refractivity contribution in [3.05, 3.63) is 12.2 Å². The van der Waals surface area contributed by atoms with Crippen LogP contribution in [0.3, 0.4) is 0 Å². The maximum Gasteiger partial charge on any atom is 0.220 e. The molecule has 1 saturated heterocycles. The predicted octanol–water partition coefficient (Wildman–Crippen LogP) is 1.25. The first kappa shape index (κ1) is 15.0. The highest BCUT2D eigenvalue weighted by Gasteiger charge is 2.15. The van der Waals surface area contributed by atoms with Gasteiger partial charge in [0, 0.05) is 12.5 Å². The minimum atomic E-state index is 0.113. The molecule has 6 nitrogen and oxygen atoms in total. The molecule has 6 heteroatoms. The van der Waals surface area contributed by atoms with Gasteiger partial charge < -0.3 is 15.2 Å². The summed E-state index contributed by atoms with van der Waals surface area (Å²) < 4.78 is 1.98. The second-order valence-corrected chi connectivity index (χ2v) is 5.76. The fourth-order valence-corrected chi connectivity index (χ4v) is 2.60. The first-order valence-corrected chi connectivity index (χ1v) is 7.52. The van der Waals surface area contributed by atoms with Crippen LogP contribution in [0.2, 0.25) is 0 Å². The summed E-state index contributed by atoms with van der Waals surface area (Å²) in [6.45, 7) is 6.79. The van der Waals surface area contributed by atoms with Crippen LogP contribution in [0.4, 0.5) is 0 Å². The number of hydrogen-bond donors (Lipinski definition) is 2. The third-order valence-electron chi connectivity index (χ3n) is 3.89. The molecule has 0 bridgehead atoms. The van der Waals surface area contributed by atoms with E-state index in [1.54, 1.807) is 6.33 Å². The van der Waals surface area contributed by atoms with E-state index in [2.05, 4.69) is 34.7 Å². The molecule has 0 radical (unpaired) electrons. The maximum absolute atomic E-state index is 11.9. The number of piperidine rings is 1. The van der Waals surface area contributed by atoms with Gasteiger partial charge in [-0.15, -0.1) is 10.2 Å². The van der Waals surface area contributed by atoms with Crippen LogP contribution in [-0.2, 0) is 11.3 Å². The SMILES string of the molecule is CC(C)n1cnnc1CNC(=O)CCC1CCNCC1. The number of aromatic nitrogens is 3. The van der Waals surface area contributed by atoms with Gasteiger partial charge in [-0.2, -0.15) is 0 Å². The Kier molecular flexibility index (Phi) is 5.52. The first-order valence-electron chi connectivity index (χ1n) is 7.52. The monoisotopic (exact) mass is 279 g/mol. The number of amides is 1. The van der Waals surface area contributed by atoms with Gasteiger partial charge in [-0.25, -0.2) is 0 Å². The summed E-state index contributed by atoms with van der Waals surface area (Å²) in [5.74, 6) is 1.62. The number of hydrogen-bond acceptors (Lipinski definition) is 4. The van der Waals surface area contributed by atoms with Gasteiger partial charge in [-0.1, -0.05) is 0 Å². The minimum Gasteiger partial charge on any atom is -0.349 e. The van der Waals surface area contributed by atoms with E-state index in [1.165, 1.54) is 12.8 Å². The molecule has 0 aromatic carbocycles. The standard InChI is InChI=1S/C14H25N5O/c1-11(2)19-10-17-18-13(19)9-16-14(20)4-3-12-5-7-15-8-6-12/h10-12,15H,3-9H2,1-2H3,(H,16,20). The Labute approximate surface area is 120 Å². The third-order valence-corrected chi connectivity index (χ3v) is 3.89. The van der Waals surface area contributed by atoms with Crippen molar-refractivity contribution >= 4 is 5.91 Å². The van der Waals surface area contributed by atoms with Crippen LogP contribution in [0.25, 0.3) is 0 Å². The quantitative estimate of drug-likeness (QED) is 0.822. The second kappa shape index (κ2) is 7.38. The zero-order chi connectivity index (χ0) is 14.4. The summed E-state index contributed by atoms with van der Waals surface area (Å²) in [6.07, 6.45) is 5.69. The number of carbonyl (C=O) groups is 1. The fraction of sp³-hybridized carbons (Fsp3) is 0.786. The molecule has 1 aliphatic heterocycles. The zero-order valence-corrected chi connectivity index (χ0v) is 12.4. The largest absolute Gasteiger partial charge is 0.349 e. The molecule has 0 saturated carbocycles. The minimum absolute atomic E-state index is 0.113. The Bertz CT molecular complexity index is 423. The summed E-state index contributed by atoms with van der Waals surface area (Å²) >= 11 is 0. The Hall–Kier alpha value is -1.43. The molecule has 20 heavy (non-hydrogen) atoms. The lowest BCUT2D eigenvalue weighted by atomic mass is 9.93. The van der Waals surface area contributed by atoms with E-state index in [4.69, 9.17) is 0 Å². The van der Waals surface area contributed by atoms with Crippen LogP contribution in [0.15, 0.2) is 6.33 Å². The Balaban J connectivity index is 1.70. The lowest BCUT2D eigenvalue weighted by Crippen LogP contribution is -2.29. The van der Waals surface area contributed by atoms with Gasteiger partial charge in [0.2, 0.25) is 5.91 Å². The summed E-state index contributed by atoms with van der Waals surface area (Å²) in [7, 11) is 0. The van der Waals surface area contributed by atoms with Gasteiger partial charge in [-0.3, -0.25) is 4.79 Å². The molecule has 1 aromatic rings. The van der Waals surface area contributed by atoms with Crippen LogP contribution >= 0.6 is 0 Å².